The van der Waals surface area contributed by atoms with Crippen LogP contribution in [0.4, 0.5) is 0 Å². The maximum Gasteiger partial charge on any atom is 0.130 e. The van der Waals surface area contributed by atoms with Gasteiger partial charge in [0.25, 0.3) is 0 Å². The minimum absolute atomic E-state index is 0.0657. The molecule has 108 valence electrons. The molecule has 1 aromatic carbocycles. The summed E-state index contributed by atoms with van der Waals surface area (Å²) in [6.07, 6.45) is 0.739. The van der Waals surface area contributed by atoms with E-state index in [1.165, 1.54) is 0 Å². The summed E-state index contributed by atoms with van der Waals surface area (Å²) in [4.78, 5) is 1.16. The standard InChI is InChI=1S/C14H17Cl2N3S/c1-9(17)7-12-13(18-19(2)14(12)16)8-20-11-5-3-10(15)4-6-11/h3-6,9H,7-8,17H2,1-2H3. The molecule has 2 aromatic rings. The van der Waals surface area contributed by atoms with E-state index in [0.29, 0.717) is 5.15 Å². The second-order valence-electron chi connectivity index (χ2n) is 4.76. The number of nitrogens with two attached hydrogens (primary N) is 1. The van der Waals surface area contributed by atoms with E-state index < -0.39 is 0 Å². The Morgan fingerprint density at radius 1 is 1.30 bits per heavy atom. The van der Waals surface area contributed by atoms with Crippen LogP contribution in [-0.4, -0.2) is 15.8 Å². The van der Waals surface area contributed by atoms with Crippen LogP contribution in [0, 0.1) is 0 Å². The number of halogens is 2. The number of nitrogens with zero attached hydrogens (tertiary/aromatic N) is 2. The summed E-state index contributed by atoms with van der Waals surface area (Å²) in [5.41, 5.74) is 7.92. The fraction of sp³-hybridized carbons (Fsp3) is 0.357. The van der Waals surface area contributed by atoms with E-state index in [0.717, 1.165) is 33.3 Å². The molecule has 0 aliphatic heterocycles. The highest BCUT2D eigenvalue weighted by molar-refractivity contribution is 7.98. The number of hydrogen-bond donors (Lipinski definition) is 1. The third-order valence-electron chi connectivity index (χ3n) is 2.87. The average molecular weight is 330 g/mol. The number of aryl methyl sites for hydroxylation is 1. The summed E-state index contributed by atoms with van der Waals surface area (Å²) in [6, 6.07) is 7.85. The molecule has 0 saturated heterocycles. The molecule has 1 atom stereocenters. The van der Waals surface area contributed by atoms with Crippen molar-refractivity contribution < 1.29 is 0 Å². The van der Waals surface area contributed by atoms with Gasteiger partial charge in [-0.1, -0.05) is 23.2 Å². The van der Waals surface area contributed by atoms with Crippen molar-refractivity contribution in [2.24, 2.45) is 12.8 Å². The molecule has 0 fully saturated rings. The zero-order valence-corrected chi connectivity index (χ0v) is 13.8. The Hall–Kier alpha value is -0.680. The molecule has 2 rings (SSSR count). The lowest BCUT2D eigenvalue weighted by Gasteiger charge is -2.06. The Kier molecular flexibility index (Phi) is 5.38. The summed E-state index contributed by atoms with van der Waals surface area (Å²) in [5, 5.41) is 5.90. The molecular formula is C14H17Cl2N3S. The lowest BCUT2D eigenvalue weighted by atomic mass is 10.1. The minimum atomic E-state index is 0.0657. The summed E-state index contributed by atoms with van der Waals surface area (Å²) < 4.78 is 1.71. The lowest BCUT2D eigenvalue weighted by Crippen LogP contribution is -2.18. The number of hydrogen-bond acceptors (Lipinski definition) is 3. The van der Waals surface area contributed by atoms with Crippen molar-refractivity contribution in [1.82, 2.24) is 9.78 Å². The Bertz CT molecular complexity index is 579. The van der Waals surface area contributed by atoms with E-state index in [9.17, 15) is 0 Å². The van der Waals surface area contributed by atoms with E-state index >= 15 is 0 Å². The van der Waals surface area contributed by atoms with Crippen molar-refractivity contribution in [3.63, 3.8) is 0 Å². The quantitative estimate of drug-likeness (QED) is 0.846. The van der Waals surface area contributed by atoms with E-state index in [1.54, 1.807) is 16.4 Å². The molecular weight excluding hydrogens is 313 g/mol. The molecule has 20 heavy (non-hydrogen) atoms. The molecule has 1 heterocycles. The number of rotatable bonds is 5. The van der Waals surface area contributed by atoms with Crippen LogP contribution >= 0.6 is 35.0 Å². The minimum Gasteiger partial charge on any atom is -0.328 e. The molecule has 3 nitrogen and oxygen atoms in total. The zero-order chi connectivity index (χ0) is 14.7. The molecule has 1 aromatic heterocycles. The summed E-state index contributed by atoms with van der Waals surface area (Å²) in [6.45, 7) is 1.97. The van der Waals surface area contributed by atoms with Gasteiger partial charge in [-0.25, -0.2) is 0 Å². The maximum absolute atomic E-state index is 6.28. The Labute approximate surface area is 133 Å². The van der Waals surface area contributed by atoms with Crippen molar-refractivity contribution in [2.75, 3.05) is 0 Å². The van der Waals surface area contributed by atoms with Gasteiger partial charge in [0.05, 0.1) is 5.69 Å². The van der Waals surface area contributed by atoms with Crippen LogP contribution in [0.3, 0.4) is 0 Å². The fourth-order valence-electron chi connectivity index (χ4n) is 1.92. The van der Waals surface area contributed by atoms with Gasteiger partial charge in [0.15, 0.2) is 0 Å². The SMILES string of the molecule is CC(N)Cc1c(CSc2ccc(Cl)cc2)nn(C)c1Cl. The highest BCUT2D eigenvalue weighted by Gasteiger charge is 2.16. The van der Waals surface area contributed by atoms with Crippen molar-refractivity contribution >= 4 is 35.0 Å². The molecule has 0 bridgehead atoms. The van der Waals surface area contributed by atoms with Gasteiger partial charge in [-0.05, 0) is 37.6 Å². The first kappa shape index (κ1) is 15.7. The number of aromatic nitrogens is 2. The van der Waals surface area contributed by atoms with Crippen molar-refractivity contribution in [1.29, 1.82) is 0 Å². The van der Waals surface area contributed by atoms with Gasteiger partial charge < -0.3 is 5.73 Å². The predicted molar refractivity (Wildman–Crippen MR) is 86.6 cm³/mol. The highest BCUT2D eigenvalue weighted by Crippen LogP contribution is 2.28. The highest BCUT2D eigenvalue weighted by atomic mass is 35.5. The molecule has 0 aliphatic carbocycles. The van der Waals surface area contributed by atoms with Crippen LogP contribution in [-0.2, 0) is 19.2 Å². The first-order valence-electron chi connectivity index (χ1n) is 6.31. The molecule has 0 radical (unpaired) electrons. The van der Waals surface area contributed by atoms with E-state index in [4.69, 9.17) is 28.9 Å². The van der Waals surface area contributed by atoms with Gasteiger partial charge in [0.2, 0.25) is 0 Å². The Balaban J connectivity index is 2.12. The van der Waals surface area contributed by atoms with Crippen molar-refractivity contribution in [3.05, 3.63) is 45.7 Å². The predicted octanol–water partition coefficient (Wildman–Crippen LogP) is 3.91. The van der Waals surface area contributed by atoms with Crippen LogP contribution < -0.4 is 5.73 Å². The van der Waals surface area contributed by atoms with E-state index in [-0.39, 0.29) is 6.04 Å². The number of benzene rings is 1. The van der Waals surface area contributed by atoms with Gasteiger partial charge in [-0.3, -0.25) is 4.68 Å². The molecule has 2 N–H and O–H groups in total. The molecule has 0 saturated carbocycles. The second-order valence-corrected chi connectivity index (χ2v) is 6.61. The van der Waals surface area contributed by atoms with Gasteiger partial charge in [-0.2, -0.15) is 5.10 Å². The maximum atomic E-state index is 6.28. The third kappa shape index (κ3) is 3.92. The Morgan fingerprint density at radius 2 is 1.95 bits per heavy atom. The van der Waals surface area contributed by atoms with Gasteiger partial charge in [0, 0.05) is 34.3 Å². The first-order chi connectivity index (χ1) is 9.47. The smallest absolute Gasteiger partial charge is 0.130 e. The summed E-state index contributed by atoms with van der Waals surface area (Å²) in [5.74, 6) is 0.768. The normalized spacial score (nSPS) is 12.7. The molecule has 6 heteroatoms. The van der Waals surface area contributed by atoms with Crippen LogP contribution in [0.1, 0.15) is 18.2 Å². The van der Waals surface area contributed by atoms with Crippen LogP contribution in [0.25, 0.3) is 0 Å². The van der Waals surface area contributed by atoms with Crippen molar-refractivity contribution in [3.8, 4) is 0 Å². The Morgan fingerprint density at radius 3 is 2.55 bits per heavy atom. The molecule has 1 unspecified atom stereocenters. The molecule has 0 aliphatic rings. The van der Waals surface area contributed by atoms with Gasteiger partial charge >= 0.3 is 0 Å². The average Bonchev–Trinajstić information content (AvgIpc) is 2.65. The molecule has 0 spiro atoms. The monoisotopic (exact) mass is 329 g/mol. The van der Waals surface area contributed by atoms with E-state index in [2.05, 4.69) is 5.10 Å². The summed E-state index contributed by atoms with van der Waals surface area (Å²) >= 11 is 13.9. The topological polar surface area (TPSA) is 43.8 Å². The van der Waals surface area contributed by atoms with E-state index in [1.807, 2.05) is 38.2 Å². The first-order valence-corrected chi connectivity index (χ1v) is 8.05. The number of thioether (sulfide) groups is 1. The third-order valence-corrected chi connectivity index (χ3v) is 4.62. The van der Waals surface area contributed by atoms with Crippen LogP contribution in [0.15, 0.2) is 29.2 Å². The fourth-order valence-corrected chi connectivity index (χ4v) is 3.14. The lowest BCUT2D eigenvalue weighted by molar-refractivity contribution is 0.733. The van der Waals surface area contributed by atoms with Crippen molar-refractivity contribution in [2.45, 2.75) is 30.0 Å². The molecule has 0 amide bonds. The largest absolute Gasteiger partial charge is 0.328 e. The zero-order valence-electron chi connectivity index (χ0n) is 11.4. The van der Waals surface area contributed by atoms with Gasteiger partial charge in [-0.15, -0.1) is 11.8 Å². The summed E-state index contributed by atoms with van der Waals surface area (Å²) in [7, 11) is 1.85. The second kappa shape index (κ2) is 6.85. The van der Waals surface area contributed by atoms with Crippen LogP contribution in [0.5, 0.6) is 0 Å². The van der Waals surface area contributed by atoms with Crippen LogP contribution in [0.2, 0.25) is 10.2 Å². The van der Waals surface area contributed by atoms with Gasteiger partial charge in [0.1, 0.15) is 5.15 Å².